The summed E-state index contributed by atoms with van der Waals surface area (Å²) in [5, 5.41) is 11.5. The molecule has 0 aliphatic heterocycles. The van der Waals surface area contributed by atoms with Crippen LogP contribution in [0.15, 0.2) is 58.8 Å². The molecule has 144 valence electrons. The zero-order valence-electron chi connectivity index (χ0n) is 16.9. The first-order chi connectivity index (χ1) is 13.0. The average molecular weight is 368 g/mol. The Bertz CT molecular complexity index is 739. The van der Waals surface area contributed by atoms with Gasteiger partial charge in [-0.15, -0.1) is 0 Å². The zero-order valence-corrected chi connectivity index (χ0v) is 16.9. The number of nitrogens with zero attached hydrogens (tertiary/aromatic N) is 3. The van der Waals surface area contributed by atoms with Crippen LogP contribution in [0.1, 0.15) is 33.3 Å². The number of anilines is 1. The Morgan fingerprint density at radius 3 is 1.74 bits per heavy atom. The largest absolute Gasteiger partial charge is 0.321 e. The van der Waals surface area contributed by atoms with Crippen LogP contribution in [0.2, 0.25) is 0 Å². The third kappa shape index (κ3) is 6.00. The lowest BCUT2D eigenvalue weighted by Gasteiger charge is -2.34. The van der Waals surface area contributed by atoms with Gasteiger partial charge in [0, 0.05) is 5.69 Å². The van der Waals surface area contributed by atoms with Gasteiger partial charge in [0.2, 0.25) is 0 Å². The quantitative estimate of drug-likeness (QED) is 0.463. The minimum atomic E-state index is 0.0472. The molecule has 1 amide bonds. The minimum absolute atomic E-state index is 0.0472. The van der Waals surface area contributed by atoms with Gasteiger partial charge in [0.15, 0.2) is 6.54 Å². The number of azo groups is 1. The summed E-state index contributed by atoms with van der Waals surface area (Å²) in [6, 6.07) is 15.5. The van der Waals surface area contributed by atoms with Gasteiger partial charge in [0.1, 0.15) is 0 Å². The molecule has 0 saturated carbocycles. The van der Waals surface area contributed by atoms with Gasteiger partial charge in [-0.3, -0.25) is 4.79 Å². The Balaban J connectivity index is 1.96. The van der Waals surface area contributed by atoms with Gasteiger partial charge in [-0.2, -0.15) is 10.2 Å². The molecule has 0 aliphatic carbocycles. The second-order valence-corrected chi connectivity index (χ2v) is 6.76. The molecule has 0 bridgehead atoms. The predicted molar refractivity (Wildman–Crippen MR) is 112 cm³/mol. The van der Waals surface area contributed by atoms with Crippen molar-refractivity contribution >= 4 is 23.0 Å². The third-order valence-electron chi connectivity index (χ3n) is 5.27. The molecule has 2 aromatic rings. The maximum absolute atomic E-state index is 12.4. The Labute approximate surface area is 162 Å². The van der Waals surface area contributed by atoms with Crippen molar-refractivity contribution in [2.24, 2.45) is 10.2 Å². The topological polar surface area (TPSA) is 53.8 Å². The highest BCUT2D eigenvalue weighted by Crippen LogP contribution is 2.21. The molecule has 0 atom stereocenters. The summed E-state index contributed by atoms with van der Waals surface area (Å²) in [6.45, 7) is 11.9. The molecule has 0 aliphatic rings. The lowest BCUT2D eigenvalue weighted by atomic mass is 10.2. The van der Waals surface area contributed by atoms with E-state index in [0.717, 1.165) is 47.6 Å². The van der Waals surface area contributed by atoms with Gasteiger partial charge in [0.05, 0.1) is 31.0 Å². The predicted octanol–water partition coefficient (Wildman–Crippen LogP) is 5.48. The number of nitrogens with one attached hydrogen (secondary N) is 1. The molecule has 0 aromatic heterocycles. The third-order valence-corrected chi connectivity index (χ3v) is 5.27. The van der Waals surface area contributed by atoms with Gasteiger partial charge in [-0.1, -0.05) is 19.1 Å². The van der Waals surface area contributed by atoms with Crippen molar-refractivity contribution in [3.05, 3.63) is 54.1 Å². The van der Waals surface area contributed by atoms with Gasteiger partial charge >= 0.3 is 0 Å². The van der Waals surface area contributed by atoms with Crippen molar-refractivity contribution in [1.29, 1.82) is 0 Å². The van der Waals surface area contributed by atoms with Crippen LogP contribution in [-0.2, 0) is 11.2 Å². The van der Waals surface area contributed by atoms with E-state index in [1.807, 2.05) is 36.4 Å². The highest BCUT2D eigenvalue weighted by Gasteiger charge is 2.24. The van der Waals surface area contributed by atoms with E-state index in [4.69, 9.17) is 0 Å². The number of likely N-dealkylation sites (N-methyl/N-ethyl adjacent to an activating group) is 1. The van der Waals surface area contributed by atoms with Crippen LogP contribution in [0, 0.1) is 0 Å². The van der Waals surface area contributed by atoms with Crippen molar-refractivity contribution in [3.8, 4) is 0 Å². The molecular weight excluding hydrogens is 336 g/mol. The lowest BCUT2D eigenvalue weighted by molar-refractivity contribution is -0.915. The molecular formula is C22H31N4O+. The maximum atomic E-state index is 12.4. The fraction of sp³-hybridized carbons (Fsp3) is 0.409. The molecule has 0 radical (unpaired) electrons. The summed E-state index contributed by atoms with van der Waals surface area (Å²) >= 11 is 0. The monoisotopic (exact) mass is 367 g/mol. The number of carbonyl (C=O) groups is 1. The molecule has 0 fully saturated rings. The Morgan fingerprint density at radius 2 is 1.30 bits per heavy atom. The number of carbonyl (C=O) groups excluding carboxylic acids is 1. The van der Waals surface area contributed by atoms with E-state index in [1.165, 1.54) is 5.56 Å². The standard InChI is InChI=1S/C22H30N4O/c1-5-18-9-11-20(12-10-18)24-25-21-15-13-19(14-16-21)23-22(27)17-26(6-2,7-3)8-4/h9-16H,5-8,17H2,1-4H3/p+1. The molecule has 0 unspecified atom stereocenters. The Morgan fingerprint density at radius 1 is 0.815 bits per heavy atom. The second-order valence-electron chi connectivity index (χ2n) is 6.76. The van der Waals surface area contributed by atoms with Crippen LogP contribution in [-0.4, -0.2) is 36.6 Å². The van der Waals surface area contributed by atoms with Gasteiger partial charge in [-0.25, -0.2) is 0 Å². The van der Waals surface area contributed by atoms with E-state index in [2.05, 4.69) is 55.4 Å². The molecule has 1 N–H and O–H groups in total. The number of benzene rings is 2. The normalized spacial score (nSPS) is 11.7. The summed E-state index contributed by atoms with van der Waals surface area (Å²) in [5.74, 6) is 0.0472. The van der Waals surface area contributed by atoms with Crippen molar-refractivity contribution in [1.82, 2.24) is 0 Å². The first kappa shape index (κ1) is 20.8. The van der Waals surface area contributed by atoms with Crippen LogP contribution in [0.3, 0.4) is 0 Å². The van der Waals surface area contributed by atoms with Gasteiger partial charge in [0.25, 0.3) is 5.91 Å². The summed E-state index contributed by atoms with van der Waals surface area (Å²) < 4.78 is 0.801. The molecule has 0 saturated heterocycles. The van der Waals surface area contributed by atoms with Crippen LogP contribution >= 0.6 is 0 Å². The van der Waals surface area contributed by atoms with E-state index < -0.39 is 0 Å². The second kappa shape index (κ2) is 9.97. The summed E-state index contributed by atoms with van der Waals surface area (Å²) in [6.07, 6.45) is 1.01. The van der Waals surface area contributed by atoms with Crippen LogP contribution in [0.4, 0.5) is 17.1 Å². The number of hydrogen-bond donors (Lipinski definition) is 1. The van der Waals surface area contributed by atoms with Crippen molar-refractivity contribution in [3.63, 3.8) is 0 Å². The number of quaternary nitrogens is 1. The Kier molecular flexibility index (Phi) is 7.67. The molecule has 0 heterocycles. The molecule has 27 heavy (non-hydrogen) atoms. The average Bonchev–Trinajstić information content (AvgIpc) is 2.72. The molecule has 2 rings (SSSR count). The van der Waals surface area contributed by atoms with Crippen LogP contribution in [0.25, 0.3) is 0 Å². The minimum Gasteiger partial charge on any atom is -0.321 e. The number of rotatable bonds is 9. The molecule has 2 aromatic carbocycles. The van der Waals surface area contributed by atoms with E-state index in [1.54, 1.807) is 0 Å². The zero-order chi connectivity index (χ0) is 19.7. The van der Waals surface area contributed by atoms with Crippen LogP contribution in [0.5, 0.6) is 0 Å². The van der Waals surface area contributed by atoms with E-state index in [-0.39, 0.29) is 5.91 Å². The van der Waals surface area contributed by atoms with Crippen molar-refractivity contribution in [2.45, 2.75) is 34.1 Å². The SMILES string of the molecule is CCc1ccc(N=Nc2ccc(NC(=O)C[N+](CC)(CC)CC)cc2)cc1. The van der Waals surface area contributed by atoms with E-state index in [0.29, 0.717) is 6.54 Å². The fourth-order valence-corrected chi connectivity index (χ4v) is 3.04. The molecule has 0 spiro atoms. The lowest BCUT2D eigenvalue weighted by Crippen LogP contribution is -2.51. The Hall–Kier alpha value is -2.53. The first-order valence-corrected chi connectivity index (χ1v) is 9.79. The smallest absolute Gasteiger partial charge is 0.279 e. The summed E-state index contributed by atoms with van der Waals surface area (Å²) in [5.41, 5.74) is 3.66. The fourth-order valence-electron chi connectivity index (χ4n) is 3.04. The first-order valence-electron chi connectivity index (χ1n) is 9.79. The highest BCUT2D eigenvalue weighted by atomic mass is 16.2. The highest BCUT2D eigenvalue weighted by molar-refractivity contribution is 5.91. The maximum Gasteiger partial charge on any atom is 0.279 e. The molecule has 5 nitrogen and oxygen atoms in total. The summed E-state index contributed by atoms with van der Waals surface area (Å²) in [4.78, 5) is 12.4. The van der Waals surface area contributed by atoms with Gasteiger partial charge in [-0.05, 0) is 69.2 Å². The van der Waals surface area contributed by atoms with E-state index >= 15 is 0 Å². The number of hydrogen-bond acceptors (Lipinski definition) is 3. The number of amides is 1. The summed E-state index contributed by atoms with van der Waals surface area (Å²) in [7, 11) is 0. The van der Waals surface area contributed by atoms with Gasteiger partial charge < -0.3 is 9.80 Å². The van der Waals surface area contributed by atoms with Crippen LogP contribution < -0.4 is 5.32 Å². The molecule has 5 heteroatoms. The van der Waals surface area contributed by atoms with Crippen molar-refractivity contribution in [2.75, 3.05) is 31.5 Å². The van der Waals surface area contributed by atoms with Crippen molar-refractivity contribution < 1.29 is 9.28 Å². The number of aryl methyl sites for hydroxylation is 1. The van der Waals surface area contributed by atoms with E-state index in [9.17, 15) is 4.79 Å².